The van der Waals surface area contributed by atoms with E-state index in [4.69, 9.17) is 11.6 Å². The summed E-state index contributed by atoms with van der Waals surface area (Å²) in [5.74, 6) is -0.188. The summed E-state index contributed by atoms with van der Waals surface area (Å²) in [7, 11) is -3.87. The Morgan fingerprint density at radius 3 is 2.50 bits per heavy atom. The van der Waals surface area contributed by atoms with Crippen molar-refractivity contribution in [3.05, 3.63) is 76.8 Å². The van der Waals surface area contributed by atoms with Crippen LogP contribution in [0, 0.1) is 13.8 Å². The third kappa shape index (κ3) is 4.56. The molecule has 11 heteroatoms. The van der Waals surface area contributed by atoms with Gasteiger partial charge in [0.25, 0.3) is 10.0 Å². The quantitative estimate of drug-likeness (QED) is 0.446. The van der Waals surface area contributed by atoms with Gasteiger partial charge in [-0.1, -0.05) is 17.7 Å². The van der Waals surface area contributed by atoms with Gasteiger partial charge >= 0.3 is 0 Å². The predicted molar refractivity (Wildman–Crippen MR) is 121 cm³/mol. The molecule has 0 saturated carbocycles. The van der Waals surface area contributed by atoms with Crippen molar-refractivity contribution in [3.63, 3.8) is 0 Å². The highest BCUT2D eigenvalue weighted by atomic mass is 35.5. The molecular weight excluding hydrogens is 452 g/mol. The van der Waals surface area contributed by atoms with Crippen LogP contribution in [0.15, 0.2) is 59.6 Å². The summed E-state index contributed by atoms with van der Waals surface area (Å²) >= 11 is 5.66. The van der Waals surface area contributed by atoms with Crippen molar-refractivity contribution in [2.75, 3.05) is 10.0 Å². The number of nitrogens with one attached hydrogen (secondary N) is 2. The van der Waals surface area contributed by atoms with Gasteiger partial charge in [-0.2, -0.15) is 0 Å². The van der Waals surface area contributed by atoms with E-state index >= 15 is 0 Å². The van der Waals surface area contributed by atoms with Crippen LogP contribution in [0.3, 0.4) is 0 Å². The maximum absolute atomic E-state index is 12.6. The molecule has 0 atom stereocenters. The number of hydrogen-bond donors (Lipinski definition) is 2. The normalized spacial score (nSPS) is 11.5. The summed E-state index contributed by atoms with van der Waals surface area (Å²) in [4.78, 5) is 17.2. The molecule has 0 fully saturated rings. The molecule has 9 nitrogen and oxygen atoms in total. The van der Waals surface area contributed by atoms with Crippen LogP contribution >= 0.6 is 11.6 Å². The fraction of sp³-hybridized carbons (Fsp3) is 0.143. The number of amides is 1. The van der Waals surface area contributed by atoms with Crippen LogP contribution in [0.5, 0.6) is 0 Å². The summed E-state index contributed by atoms with van der Waals surface area (Å²) in [6.07, 6.45) is 2.01. The highest BCUT2D eigenvalue weighted by Gasteiger charge is 2.17. The van der Waals surface area contributed by atoms with E-state index in [1.165, 1.54) is 36.4 Å². The summed E-state index contributed by atoms with van der Waals surface area (Å²) in [6, 6.07) is 12.5. The van der Waals surface area contributed by atoms with Gasteiger partial charge in [0.2, 0.25) is 5.91 Å². The van der Waals surface area contributed by atoms with Gasteiger partial charge in [0.15, 0.2) is 11.0 Å². The first kappa shape index (κ1) is 21.7. The molecule has 1 aromatic carbocycles. The standard InChI is InChI=1S/C21H19ClN6O3S/c1-13-4-3-11-28-17(14(2)23-21(13)28)12-20(29)24-15-5-7-16(8-6-15)32(30,31)27-19-10-9-18(22)25-26-19/h3-11H,12H2,1-2H3,(H,24,29)(H,26,27). The Kier molecular flexibility index (Phi) is 5.81. The molecule has 0 bridgehead atoms. The van der Waals surface area contributed by atoms with Crippen molar-refractivity contribution in [1.82, 2.24) is 19.6 Å². The second kappa shape index (κ2) is 8.56. The van der Waals surface area contributed by atoms with Gasteiger partial charge in [-0.15, -0.1) is 10.2 Å². The molecule has 0 radical (unpaired) electrons. The van der Waals surface area contributed by atoms with Crippen molar-refractivity contribution in [3.8, 4) is 0 Å². The number of imidazole rings is 1. The second-order valence-electron chi connectivity index (χ2n) is 7.12. The number of sulfonamides is 1. The Balaban J connectivity index is 1.46. The van der Waals surface area contributed by atoms with E-state index in [1.807, 2.05) is 36.6 Å². The zero-order valence-electron chi connectivity index (χ0n) is 17.2. The van der Waals surface area contributed by atoms with E-state index in [0.717, 1.165) is 22.6 Å². The van der Waals surface area contributed by atoms with E-state index in [1.54, 1.807) is 0 Å². The molecule has 164 valence electrons. The molecule has 0 aliphatic rings. The molecular formula is C21H19ClN6O3S. The minimum Gasteiger partial charge on any atom is -0.326 e. The lowest BCUT2D eigenvalue weighted by atomic mass is 10.2. The Morgan fingerprint density at radius 2 is 1.81 bits per heavy atom. The Morgan fingerprint density at radius 1 is 1.06 bits per heavy atom. The number of aromatic nitrogens is 4. The fourth-order valence-electron chi connectivity index (χ4n) is 3.22. The van der Waals surface area contributed by atoms with Crippen molar-refractivity contribution < 1.29 is 13.2 Å². The first-order valence-electron chi connectivity index (χ1n) is 9.58. The maximum atomic E-state index is 12.6. The highest BCUT2D eigenvalue weighted by molar-refractivity contribution is 7.92. The minimum atomic E-state index is -3.87. The predicted octanol–water partition coefficient (Wildman–Crippen LogP) is 3.38. The molecule has 32 heavy (non-hydrogen) atoms. The number of nitrogens with zero attached hydrogens (tertiary/aromatic N) is 4. The first-order chi connectivity index (χ1) is 15.2. The number of rotatable bonds is 6. The third-order valence-electron chi connectivity index (χ3n) is 4.79. The largest absolute Gasteiger partial charge is 0.326 e. The molecule has 3 heterocycles. The van der Waals surface area contributed by atoms with Crippen LogP contribution in [0.25, 0.3) is 5.65 Å². The summed E-state index contributed by atoms with van der Waals surface area (Å²) in [5.41, 5.74) is 3.90. The molecule has 2 N–H and O–H groups in total. The average Bonchev–Trinajstić information content (AvgIpc) is 3.07. The number of pyridine rings is 1. The Hall–Kier alpha value is -3.50. The van der Waals surface area contributed by atoms with Crippen LogP contribution < -0.4 is 10.0 Å². The fourth-order valence-corrected chi connectivity index (χ4v) is 4.32. The number of carbonyl (C=O) groups is 1. The molecule has 0 unspecified atom stereocenters. The van der Waals surface area contributed by atoms with Gasteiger partial charge in [0.05, 0.1) is 22.7 Å². The van der Waals surface area contributed by atoms with Gasteiger partial charge in [-0.25, -0.2) is 13.4 Å². The van der Waals surface area contributed by atoms with Crippen LogP contribution in [0.2, 0.25) is 5.15 Å². The molecule has 3 aromatic heterocycles. The van der Waals surface area contributed by atoms with E-state index in [-0.39, 0.29) is 28.2 Å². The van der Waals surface area contributed by atoms with Crippen molar-refractivity contribution in [1.29, 1.82) is 0 Å². The number of anilines is 2. The monoisotopic (exact) mass is 470 g/mol. The zero-order valence-corrected chi connectivity index (χ0v) is 18.8. The lowest BCUT2D eigenvalue weighted by Gasteiger charge is -2.09. The van der Waals surface area contributed by atoms with Gasteiger partial charge in [0, 0.05) is 11.9 Å². The molecule has 4 aromatic rings. The van der Waals surface area contributed by atoms with Crippen molar-refractivity contribution in [2.45, 2.75) is 25.2 Å². The van der Waals surface area contributed by atoms with Crippen LogP contribution in [0.1, 0.15) is 17.0 Å². The van der Waals surface area contributed by atoms with Crippen LogP contribution in [-0.2, 0) is 21.2 Å². The van der Waals surface area contributed by atoms with Gasteiger partial charge in [-0.3, -0.25) is 9.52 Å². The number of halogens is 1. The molecule has 0 aliphatic heterocycles. The Labute approximate surface area is 189 Å². The molecule has 0 saturated heterocycles. The van der Waals surface area contributed by atoms with Crippen LogP contribution in [0.4, 0.5) is 11.5 Å². The van der Waals surface area contributed by atoms with Gasteiger partial charge < -0.3 is 9.72 Å². The lowest BCUT2D eigenvalue weighted by Crippen LogP contribution is -2.17. The van der Waals surface area contributed by atoms with Gasteiger partial charge in [0.1, 0.15) is 5.65 Å². The summed E-state index contributed by atoms with van der Waals surface area (Å²) in [6.45, 7) is 3.84. The lowest BCUT2D eigenvalue weighted by molar-refractivity contribution is -0.115. The number of benzene rings is 1. The Bertz CT molecular complexity index is 1400. The second-order valence-corrected chi connectivity index (χ2v) is 9.19. The topological polar surface area (TPSA) is 118 Å². The average molecular weight is 471 g/mol. The highest BCUT2D eigenvalue weighted by Crippen LogP contribution is 2.19. The molecule has 0 aliphatic carbocycles. The van der Waals surface area contributed by atoms with E-state index in [2.05, 4.69) is 25.2 Å². The van der Waals surface area contributed by atoms with E-state index in [9.17, 15) is 13.2 Å². The zero-order chi connectivity index (χ0) is 22.9. The van der Waals surface area contributed by atoms with Crippen molar-refractivity contribution in [2.24, 2.45) is 0 Å². The smallest absolute Gasteiger partial charge is 0.263 e. The van der Waals surface area contributed by atoms with E-state index < -0.39 is 10.0 Å². The number of aryl methyl sites for hydroxylation is 2. The van der Waals surface area contributed by atoms with Gasteiger partial charge in [-0.05, 0) is 61.9 Å². The number of hydrogen-bond acceptors (Lipinski definition) is 6. The number of carbonyl (C=O) groups excluding carboxylic acids is 1. The molecule has 4 rings (SSSR count). The first-order valence-corrected chi connectivity index (χ1v) is 11.4. The molecule has 0 spiro atoms. The minimum absolute atomic E-state index is 0.0142. The van der Waals surface area contributed by atoms with Crippen LogP contribution in [-0.4, -0.2) is 33.9 Å². The van der Waals surface area contributed by atoms with Crippen molar-refractivity contribution >= 4 is 44.7 Å². The van der Waals surface area contributed by atoms with E-state index in [0.29, 0.717) is 5.69 Å². The SMILES string of the molecule is Cc1nc2c(C)cccn2c1CC(=O)Nc1ccc(S(=O)(=O)Nc2ccc(Cl)nn2)cc1. The third-order valence-corrected chi connectivity index (χ3v) is 6.36. The summed E-state index contributed by atoms with van der Waals surface area (Å²) in [5, 5.41) is 10.2. The maximum Gasteiger partial charge on any atom is 0.263 e. The number of fused-ring (bicyclic) bond motifs is 1. The summed E-state index contributed by atoms with van der Waals surface area (Å²) < 4.78 is 29.3. The molecule has 1 amide bonds.